The Hall–Kier alpha value is -2.17. The smallest absolute Gasteiger partial charge is 0.230 e. The van der Waals surface area contributed by atoms with Crippen molar-refractivity contribution >= 4 is 5.91 Å². The van der Waals surface area contributed by atoms with Crippen molar-refractivity contribution in [2.75, 3.05) is 19.7 Å². The van der Waals surface area contributed by atoms with Crippen molar-refractivity contribution in [2.45, 2.75) is 31.7 Å². The van der Waals surface area contributed by atoms with Crippen molar-refractivity contribution in [3.8, 4) is 0 Å². The van der Waals surface area contributed by atoms with E-state index in [2.05, 4.69) is 55.1 Å². The molecule has 140 valence electrons. The highest BCUT2D eigenvalue weighted by atomic mass is 16.5. The van der Waals surface area contributed by atoms with Gasteiger partial charge in [-0.05, 0) is 25.0 Å². The second-order valence-electron chi connectivity index (χ2n) is 8.25. The summed E-state index contributed by atoms with van der Waals surface area (Å²) in [6, 6.07) is 21.2. The summed E-state index contributed by atoms with van der Waals surface area (Å²) in [6.45, 7) is 6.67. The molecule has 3 fully saturated rings. The molecule has 0 radical (unpaired) electrons. The topological polar surface area (TPSA) is 32.8 Å². The Morgan fingerprint density at radius 3 is 2.41 bits per heavy atom. The Labute approximate surface area is 160 Å². The number of hydrogen-bond acceptors (Lipinski definition) is 3. The molecule has 0 N–H and O–H groups in total. The second kappa shape index (κ2) is 6.18. The zero-order valence-corrected chi connectivity index (χ0v) is 15.9. The van der Waals surface area contributed by atoms with Gasteiger partial charge in [0.2, 0.25) is 5.91 Å². The minimum atomic E-state index is -0.493. The molecule has 27 heavy (non-hydrogen) atoms. The Kier molecular flexibility index (Phi) is 3.88. The van der Waals surface area contributed by atoms with Crippen LogP contribution in [0, 0.1) is 11.8 Å². The van der Waals surface area contributed by atoms with Crippen molar-refractivity contribution in [1.29, 1.82) is 0 Å². The van der Waals surface area contributed by atoms with E-state index in [0.29, 0.717) is 12.6 Å². The molecule has 4 nitrogen and oxygen atoms in total. The van der Waals surface area contributed by atoms with Crippen molar-refractivity contribution in [3.63, 3.8) is 0 Å². The molecular formula is C23H26N2O2. The van der Waals surface area contributed by atoms with Crippen LogP contribution in [0.5, 0.6) is 0 Å². The van der Waals surface area contributed by atoms with Gasteiger partial charge < -0.3 is 9.64 Å². The summed E-state index contributed by atoms with van der Waals surface area (Å²) in [5.41, 5.74) is 1.98. The van der Waals surface area contributed by atoms with Gasteiger partial charge in [0.1, 0.15) is 5.72 Å². The molecule has 0 spiro atoms. The first-order chi connectivity index (χ1) is 13.1. The summed E-state index contributed by atoms with van der Waals surface area (Å²) < 4.78 is 6.33. The van der Waals surface area contributed by atoms with Crippen LogP contribution in [0.3, 0.4) is 0 Å². The average molecular weight is 362 g/mol. The predicted octanol–water partition coefficient (Wildman–Crippen LogP) is 3.63. The number of benzene rings is 2. The summed E-state index contributed by atoms with van der Waals surface area (Å²) in [5, 5.41) is 0. The maximum absolute atomic E-state index is 13.4. The molecular weight excluding hydrogens is 336 g/mol. The van der Waals surface area contributed by atoms with E-state index in [9.17, 15) is 4.79 Å². The molecule has 4 heteroatoms. The van der Waals surface area contributed by atoms with E-state index in [4.69, 9.17) is 4.74 Å². The lowest BCUT2D eigenvalue weighted by Gasteiger charge is -2.35. The average Bonchev–Trinajstić information content (AvgIpc) is 3.35. The van der Waals surface area contributed by atoms with Crippen LogP contribution < -0.4 is 0 Å². The van der Waals surface area contributed by atoms with E-state index in [1.165, 1.54) is 11.1 Å². The number of carbonyl (C=O) groups is 1. The Balaban J connectivity index is 1.40. The maximum Gasteiger partial charge on any atom is 0.230 e. The third-order valence-corrected chi connectivity index (χ3v) is 6.93. The fraction of sp³-hybridized carbons (Fsp3) is 0.435. The summed E-state index contributed by atoms with van der Waals surface area (Å²) in [4.78, 5) is 17.9. The molecule has 5 atom stereocenters. The van der Waals surface area contributed by atoms with Crippen molar-refractivity contribution < 1.29 is 9.53 Å². The fourth-order valence-corrected chi connectivity index (χ4v) is 5.34. The van der Waals surface area contributed by atoms with Crippen LogP contribution in [0.15, 0.2) is 60.7 Å². The van der Waals surface area contributed by atoms with Gasteiger partial charge >= 0.3 is 0 Å². The standard InChI is InChI=1S/C23H26N2O2/c1-16(17-9-5-3-6-10-17)24-13-19-20(14-24)23(2)25(22(19)26)21(15-27-23)18-11-7-4-8-12-18/h3-12,16,19-21H,13-15H2,1-2H3/t16-,19-,20+,21+,23+/m0/s1. The summed E-state index contributed by atoms with van der Waals surface area (Å²) in [5.74, 6) is 0.522. The maximum atomic E-state index is 13.4. The van der Waals surface area contributed by atoms with Gasteiger partial charge in [0.05, 0.1) is 18.6 Å². The van der Waals surface area contributed by atoms with Gasteiger partial charge in [-0.25, -0.2) is 0 Å². The number of ether oxygens (including phenoxy) is 1. The highest BCUT2D eigenvalue weighted by Crippen LogP contribution is 2.53. The molecule has 2 aromatic rings. The number of fused-ring (bicyclic) bond motifs is 3. The van der Waals surface area contributed by atoms with Crippen LogP contribution in [0.2, 0.25) is 0 Å². The highest BCUT2D eigenvalue weighted by molar-refractivity contribution is 5.84. The van der Waals surface area contributed by atoms with Gasteiger partial charge in [-0.2, -0.15) is 0 Å². The summed E-state index contributed by atoms with van der Waals surface area (Å²) in [6.07, 6.45) is 0. The van der Waals surface area contributed by atoms with Gasteiger partial charge in [-0.15, -0.1) is 0 Å². The second-order valence-corrected chi connectivity index (χ2v) is 8.25. The van der Waals surface area contributed by atoms with Crippen LogP contribution in [-0.4, -0.2) is 41.1 Å². The molecule has 1 amide bonds. The molecule has 0 bridgehead atoms. The molecule has 3 heterocycles. The van der Waals surface area contributed by atoms with E-state index in [0.717, 1.165) is 13.1 Å². The van der Waals surface area contributed by atoms with Crippen LogP contribution in [-0.2, 0) is 9.53 Å². The molecule has 0 unspecified atom stereocenters. The van der Waals surface area contributed by atoms with Gasteiger partial charge in [0, 0.05) is 25.0 Å². The first-order valence-corrected chi connectivity index (χ1v) is 9.90. The molecule has 2 aromatic carbocycles. The van der Waals surface area contributed by atoms with Crippen molar-refractivity contribution in [3.05, 3.63) is 71.8 Å². The zero-order chi connectivity index (χ0) is 18.6. The van der Waals surface area contributed by atoms with Crippen molar-refractivity contribution in [1.82, 2.24) is 9.80 Å². The number of hydrogen-bond donors (Lipinski definition) is 0. The van der Waals surface area contributed by atoms with E-state index < -0.39 is 5.72 Å². The molecule has 0 saturated carbocycles. The Morgan fingerprint density at radius 1 is 1.04 bits per heavy atom. The SMILES string of the molecule is C[C@@H](c1ccccc1)N1C[C@@H]2C(=O)N3[C@@H](c4ccccc4)CO[C@]3(C)[C@@H]2C1. The molecule has 0 aliphatic carbocycles. The number of nitrogens with zero attached hydrogens (tertiary/aromatic N) is 2. The molecule has 5 rings (SSSR count). The van der Waals surface area contributed by atoms with Gasteiger partial charge in [-0.1, -0.05) is 60.7 Å². The summed E-state index contributed by atoms with van der Waals surface area (Å²) in [7, 11) is 0. The van der Waals surface area contributed by atoms with Gasteiger partial charge in [0.15, 0.2) is 0 Å². The fourth-order valence-electron chi connectivity index (χ4n) is 5.34. The quantitative estimate of drug-likeness (QED) is 0.836. The predicted molar refractivity (Wildman–Crippen MR) is 104 cm³/mol. The number of carbonyl (C=O) groups excluding carboxylic acids is 1. The van der Waals surface area contributed by atoms with E-state index >= 15 is 0 Å². The van der Waals surface area contributed by atoms with E-state index in [1.54, 1.807) is 0 Å². The van der Waals surface area contributed by atoms with Gasteiger partial charge in [-0.3, -0.25) is 9.69 Å². The monoisotopic (exact) mass is 362 g/mol. The number of likely N-dealkylation sites (tertiary alicyclic amines) is 1. The minimum absolute atomic E-state index is 0.0349. The first-order valence-electron chi connectivity index (χ1n) is 9.90. The Bertz CT molecular complexity index is 840. The zero-order valence-electron chi connectivity index (χ0n) is 15.9. The molecule has 0 aromatic heterocycles. The largest absolute Gasteiger partial charge is 0.353 e. The van der Waals surface area contributed by atoms with Crippen LogP contribution >= 0.6 is 0 Å². The van der Waals surface area contributed by atoms with E-state index in [1.807, 2.05) is 29.2 Å². The first kappa shape index (κ1) is 17.0. The highest BCUT2D eigenvalue weighted by Gasteiger charge is 2.64. The number of amides is 1. The molecule has 3 aliphatic rings. The molecule has 3 aliphatic heterocycles. The summed E-state index contributed by atoms with van der Waals surface area (Å²) >= 11 is 0. The lowest BCUT2D eigenvalue weighted by molar-refractivity contribution is -0.141. The van der Waals surface area contributed by atoms with Crippen LogP contribution in [0.1, 0.15) is 37.1 Å². The van der Waals surface area contributed by atoms with Crippen molar-refractivity contribution in [2.24, 2.45) is 11.8 Å². The van der Waals surface area contributed by atoms with Crippen LogP contribution in [0.25, 0.3) is 0 Å². The van der Waals surface area contributed by atoms with Crippen LogP contribution in [0.4, 0.5) is 0 Å². The molecule has 3 saturated heterocycles. The van der Waals surface area contributed by atoms with Gasteiger partial charge in [0.25, 0.3) is 0 Å². The lowest BCUT2D eigenvalue weighted by Crippen LogP contribution is -2.46. The lowest BCUT2D eigenvalue weighted by atomic mass is 9.92. The third kappa shape index (κ3) is 2.47. The third-order valence-electron chi connectivity index (χ3n) is 6.93. The Morgan fingerprint density at radius 2 is 1.70 bits per heavy atom. The minimum Gasteiger partial charge on any atom is -0.353 e. The number of rotatable bonds is 3. The van der Waals surface area contributed by atoms with E-state index in [-0.39, 0.29) is 23.8 Å². The normalized spacial score (nSPS) is 33.9.